The lowest BCUT2D eigenvalue weighted by molar-refractivity contribution is 0.121. The SMILES string of the molecule is O=C(NC1CCCCC1)NC1CCCCCC1O. The van der Waals surface area contributed by atoms with E-state index in [1.54, 1.807) is 0 Å². The van der Waals surface area contributed by atoms with Crippen LogP contribution in [-0.2, 0) is 0 Å². The maximum absolute atomic E-state index is 11.9. The minimum Gasteiger partial charge on any atom is -0.391 e. The van der Waals surface area contributed by atoms with E-state index < -0.39 is 0 Å². The number of amides is 2. The van der Waals surface area contributed by atoms with Gasteiger partial charge in [0, 0.05) is 6.04 Å². The van der Waals surface area contributed by atoms with Crippen molar-refractivity contribution in [2.75, 3.05) is 0 Å². The molecule has 104 valence electrons. The molecule has 2 rings (SSSR count). The third kappa shape index (κ3) is 4.16. The zero-order valence-electron chi connectivity index (χ0n) is 11.2. The highest BCUT2D eigenvalue weighted by molar-refractivity contribution is 5.74. The number of hydrogen-bond acceptors (Lipinski definition) is 2. The van der Waals surface area contributed by atoms with Crippen LogP contribution in [0.2, 0.25) is 0 Å². The number of carbonyl (C=O) groups excluding carboxylic acids is 1. The topological polar surface area (TPSA) is 61.4 Å². The molecule has 4 heteroatoms. The summed E-state index contributed by atoms with van der Waals surface area (Å²) in [6.07, 6.45) is 10.6. The van der Waals surface area contributed by atoms with Gasteiger partial charge in [-0.25, -0.2) is 4.79 Å². The Morgan fingerprint density at radius 2 is 1.44 bits per heavy atom. The van der Waals surface area contributed by atoms with Gasteiger partial charge in [0.05, 0.1) is 12.1 Å². The minimum absolute atomic E-state index is 0.0592. The first-order valence-corrected chi connectivity index (χ1v) is 7.51. The predicted molar refractivity (Wildman–Crippen MR) is 71.4 cm³/mol. The van der Waals surface area contributed by atoms with Crippen LogP contribution < -0.4 is 10.6 Å². The second-order valence-corrected chi connectivity index (χ2v) is 5.76. The first kappa shape index (κ1) is 13.7. The van der Waals surface area contributed by atoms with E-state index in [-0.39, 0.29) is 18.2 Å². The summed E-state index contributed by atoms with van der Waals surface area (Å²) in [5.41, 5.74) is 0. The molecule has 2 saturated carbocycles. The van der Waals surface area contributed by atoms with Gasteiger partial charge in [0.2, 0.25) is 0 Å². The Balaban J connectivity index is 1.74. The predicted octanol–water partition coefficient (Wildman–Crippen LogP) is 2.31. The Bertz CT molecular complexity index is 265. The summed E-state index contributed by atoms with van der Waals surface area (Å²) in [7, 11) is 0. The van der Waals surface area contributed by atoms with Gasteiger partial charge in [0.1, 0.15) is 0 Å². The van der Waals surface area contributed by atoms with E-state index in [4.69, 9.17) is 0 Å². The molecule has 4 nitrogen and oxygen atoms in total. The average Bonchev–Trinajstić information content (AvgIpc) is 2.56. The first-order chi connectivity index (χ1) is 8.75. The summed E-state index contributed by atoms with van der Waals surface area (Å²) >= 11 is 0. The van der Waals surface area contributed by atoms with Crippen molar-refractivity contribution in [2.45, 2.75) is 82.4 Å². The summed E-state index contributed by atoms with van der Waals surface area (Å²) in [5, 5.41) is 16.0. The molecule has 0 aliphatic heterocycles. The molecule has 2 amide bonds. The molecule has 0 bridgehead atoms. The Kier molecular flexibility index (Phi) is 5.29. The molecule has 3 N–H and O–H groups in total. The first-order valence-electron chi connectivity index (χ1n) is 7.51. The molecule has 2 aliphatic rings. The normalized spacial score (nSPS) is 30.5. The van der Waals surface area contributed by atoms with Gasteiger partial charge in [-0.2, -0.15) is 0 Å². The zero-order valence-corrected chi connectivity index (χ0v) is 11.2. The summed E-state index contributed by atoms with van der Waals surface area (Å²) in [6.45, 7) is 0. The van der Waals surface area contributed by atoms with E-state index in [0.717, 1.165) is 38.5 Å². The van der Waals surface area contributed by atoms with Crippen LogP contribution >= 0.6 is 0 Å². The van der Waals surface area contributed by atoms with E-state index in [0.29, 0.717) is 6.04 Å². The lowest BCUT2D eigenvalue weighted by Crippen LogP contribution is -2.50. The van der Waals surface area contributed by atoms with Crippen molar-refractivity contribution in [2.24, 2.45) is 0 Å². The number of carbonyl (C=O) groups is 1. The molecule has 2 unspecified atom stereocenters. The van der Waals surface area contributed by atoms with E-state index >= 15 is 0 Å². The fourth-order valence-electron chi connectivity index (χ4n) is 3.10. The highest BCUT2D eigenvalue weighted by Gasteiger charge is 2.24. The summed E-state index contributed by atoms with van der Waals surface area (Å²) in [5.74, 6) is 0. The van der Waals surface area contributed by atoms with Gasteiger partial charge in [0.25, 0.3) is 0 Å². The van der Waals surface area contributed by atoms with Gasteiger partial charge in [-0.3, -0.25) is 0 Å². The molecular formula is C14H26N2O2. The van der Waals surface area contributed by atoms with Gasteiger partial charge >= 0.3 is 6.03 Å². The van der Waals surface area contributed by atoms with Crippen LogP contribution in [0.15, 0.2) is 0 Å². The Hall–Kier alpha value is -0.770. The number of rotatable bonds is 2. The maximum atomic E-state index is 11.9. The molecule has 2 aliphatic carbocycles. The largest absolute Gasteiger partial charge is 0.391 e. The van der Waals surface area contributed by atoms with Crippen LogP contribution in [0.5, 0.6) is 0 Å². The second kappa shape index (κ2) is 6.98. The third-order valence-electron chi connectivity index (χ3n) is 4.24. The molecule has 2 fully saturated rings. The highest BCUT2D eigenvalue weighted by Crippen LogP contribution is 2.19. The van der Waals surface area contributed by atoms with Crippen molar-refractivity contribution in [1.82, 2.24) is 10.6 Å². The van der Waals surface area contributed by atoms with E-state index in [9.17, 15) is 9.90 Å². The van der Waals surface area contributed by atoms with E-state index in [1.807, 2.05) is 0 Å². The van der Waals surface area contributed by atoms with Crippen LogP contribution in [0.25, 0.3) is 0 Å². The monoisotopic (exact) mass is 254 g/mol. The third-order valence-corrected chi connectivity index (χ3v) is 4.24. The van der Waals surface area contributed by atoms with Gasteiger partial charge in [-0.1, -0.05) is 38.5 Å². The standard InChI is InChI=1S/C14H26N2O2/c17-13-10-6-2-5-9-12(13)16-14(18)15-11-7-3-1-4-8-11/h11-13,17H,1-10H2,(H2,15,16,18). The fourth-order valence-corrected chi connectivity index (χ4v) is 3.10. The second-order valence-electron chi connectivity index (χ2n) is 5.76. The zero-order chi connectivity index (χ0) is 12.8. The molecular weight excluding hydrogens is 228 g/mol. The Labute approximate surface area is 110 Å². The Morgan fingerprint density at radius 3 is 2.17 bits per heavy atom. The van der Waals surface area contributed by atoms with E-state index in [2.05, 4.69) is 10.6 Å². The van der Waals surface area contributed by atoms with Crippen molar-refractivity contribution in [1.29, 1.82) is 0 Å². The number of nitrogens with one attached hydrogen (secondary N) is 2. The number of urea groups is 1. The van der Waals surface area contributed by atoms with Crippen LogP contribution in [0.4, 0.5) is 4.79 Å². The summed E-state index contributed by atoms with van der Waals surface area (Å²) in [6, 6.07) is 0.186. The molecule has 0 aromatic carbocycles. The highest BCUT2D eigenvalue weighted by atomic mass is 16.3. The summed E-state index contributed by atoms with van der Waals surface area (Å²) in [4.78, 5) is 11.9. The number of aliphatic hydroxyl groups excluding tert-OH is 1. The van der Waals surface area contributed by atoms with Crippen LogP contribution in [0.3, 0.4) is 0 Å². The van der Waals surface area contributed by atoms with Crippen molar-refractivity contribution in [3.63, 3.8) is 0 Å². The molecule has 18 heavy (non-hydrogen) atoms. The van der Waals surface area contributed by atoms with Crippen LogP contribution in [0.1, 0.15) is 64.2 Å². The van der Waals surface area contributed by atoms with Gasteiger partial charge in [-0.15, -0.1) is 0 Å². The quantitative estimate of drug-likeness (QED) is 0.662. The van der Waals surface area contributed by atoms with Crippen molar-refractivity contribution in [3.05, 3.63) is 0 Å². The molecule has 0 radical (unpaired) electrons. The van der Waals surface area contributed by atoms with Gasteiger partial charge in [0.15, 0.2) is 0 Å². The number of aliphatic hydroxyl groups is 1. The molecule has 0 saturated heterocycles. The Morgan fingerprint density at radius 1 is 0.833 bits per heavy atom. The van der Waals surface area contributed by atoms with Crippen LogP contribution in [0, 0.1) is 0 Å². The van der Waals surface area contributed by atoms with Crippen molar-refractivity contribution in [3.8, 4) is 0 Å². The molecule has 0 heterocycles. The average molecular weight is 254 g/mol. The van der Waals surface area contributed by atoms with Gasteiger partial charge < -0.3 is 15.7 Å². The van der Waals surface area contributed by atoms with Crippen molar-refractivity contribution >= 4 is 6.03 Å². The molecule has 0 aromatic heterocycles. The molecule has 0 aromatic rings. The minimum atomic E-state index is -0.371. The fraction of sp³-hybridized carbons (Fsp3) is 0.929. The maximum Gasteiger partial charge on any atom is 0.315 e. The van der Waals surface area contributed by atoms with E-state index in [1.165, 1.54) is 25.7 Å². The van der Waals surface area contributed by atoms with Crippen molar-refractivity contribution < 1.29 is 9.90 Å². The molecule has 2 atom stereocenters. The van der Waals surface area contributed by atoms with Gasteiger partial charge in [-0.05, 0) is 25.7 Å². The number of hydrogen-bond donors (Lipinski definition) is 3. The smallest absolute Gasteiger partial charge is 0.315 e. The summed E-state index contributed by atoms with van der Waals surface area (Å²) < 4.78 is 0. The lowest BCUT2D eigenvalue weighted by atomic mass is 9.96. The van der Waals surface area contributed by atoms with Crippen LogP contribution in [-0.4, -0.2) is 29.3 Å². The lowest BCUT2D eigenvalue weighted by Gasteiger charge is -2.26. The molecule has 0 spiro atoms.